The lowest BCUT2D eigenvalue weighted by atomic mass is 10.1. The van der Waals surface area contributed by atoms with E-state index >= 15 is 0 Å². The number of pyridine rings is 2. The molecule has 2 heterocycles. The summed E-state index contributed by atoms with van der Waals surface area (Å²) in [6, 6.07) is 21.0. The lowest BCUT2D eigenvalue weighted by molar-refractivity contribution is 1.29. The van der Waals surface area contributed by atoms with Gasteiger partial charge in [0.15, 0.2) is 0 Å². The van der Waals surface area contributed by atoms with Crippen LogP contribution in [-0.2, 0) is 0 Å². The minimum Gasteiger partial charge on any atom is -0.256 e. The second-order valence-corrected chi connectivity index (χ2v) is 7.82. The second-order valence-electron chi connectivity index (χ2n) is 7.82. The zero-order chi connectivity index (χ0) is 22.2. The maximum absolute atomic E-state index is 4.56. The van der Waals surface area contributed by atoms with Crippen molar-refractivity contribution in [1.29, 1.82) is 0 Å². The number of hydrogen-bond donors (Lipinski definition) is 0. The number of rotatable bonds is 6. The molecule has 0 amide bonds. The van der Waals surface area contributed by atoms with Gasteiger partial charge in [-0.1, -0.05) is 96.1 Å². The van der Waals surface area contributed by atoms with Crippen LogP contribution >= 0.6 is 0 Å². The van der Waals surface area contributed by atoms with Crippen molar-refractivity contribution in [3.63, 3.8) is 0 Å². The summed E-state index contributed by atoms with van der Waals surface area (Å²) in [5, 5.41) is 2.16. The first kappa shape index (κ1) is 21.2. The molecule has 0 spiro atoms. The average Bonchev–Trinajstić information content (AvgIpc) is 2.82. The Balaban J connectivity index is 1.40. The van der Waals surface area contributed by atoms with E-state index in [-0.39, 0.29) is 0 Å². The smallest absolute Gasteiger partial charge is 0.0636 e. The van der Waals surface area contributed by atoms with Crippen molar-refractivity contribution in [2.75, 3.05) is 0 Å². The lowest BCUT2D eigenvalue weighted by Crippen LogP contribution is -1.85. The van der Waals surface area contributed by atoms with Gasteiger partial charge in [0, 0.05) is 23.2 Å². The van der Waals surface area contributed by atoms with Crippen LogP contribution in [-0.4, -0.2) is 9.97 Å². The molecule has 4 aromatic rings. The van der Waals surface area contributed by atoms with Gasteiger partial charge in [-0.25, -0.2) is 0 Å². The number of allylic oxidation sites excluding steroid dienone is 4. The lowest BCUT2D eigenvalue weighted by Gasteiger charge is -2.00. The summed E-state index contributed by atoms with van der Waals surface area (Å²) in [5.74, 6) is 0. The van der Waals surface area contributed by atoms with Gasteiger partial charge in [-0.3, -0.25) is 9.97 Å². The summed E-state index contributed by atoms with van der Waals surface area (Å²) >= 11 is 0. The minimum absolute atomic E-state index is 0.914. The van der Waals surface area contributed by atoms with Crippen LogP contribution in [0.15, 0.2) is 97.4 Å². The Labute approximate surface area is 190 Å². The fourth-order valence-electron chi connectivity index (χ4n) is 3.25. The van der Waals surface area contributed by atoms with E-state index < -0.39 is 0 Å². The average molecular weight is 415 g/mol. The van der Waals surface area contributed by atoms with Crippen molar-refractivity contribution in [3.05, 3.63) is 131 Å². The predicted octanol–water partition coefficient (Wildman–Crippen LogP) is 7.70. The normalized spacial score (nSPS) is 12.2. The monoisotopic (exact) mass is 414 g/mol. The van der Waals surface area contributed by atoms with E-state index in [9.17, 15) is 0 Å². The molecule has 2 heteroatoms. The molecule has 2 aromatic heterocycles. The molecule has 0 aliphatic carbocycles. The SMILES string of the molecule is Cc1ccc(/C=C/C=C/c2cc3cnc(/C=C/C=C/c4ccc(C)cc4)cc3cn2)cc1. The molecular weight excluding hydrogens is 388 g/mol. The van der Waals surface area contributed by atoms with Crippen LogP contribution in [0.5, 0.6) is 0 Å². The Kier molecular flexibility index (Phi) is 6.84. The van der Waals surface area contributed by atoms with Crippen molar-refractivity contribution in [2.45, 2.75) is 13.8 Å². The van der Waals surface area contributed by atoms with Gasteiger partial charge in [0.1, 0.15) is 0 Å². The molecule has 2 aromatic carbocycles. The van der Waals surface area contributed by atoms with E-state index in [4.69, 9.17) is 0 Å². The van der Waals surface area contributed by atoms with Gasteiger partial charge >= 0.3 is 0 Å². The summed E-state index contributed by atoms with van der Waals surface area (Å²) in [7, 11) is 0. The molecule has 0 bridgehead atoms. The Morgan fingerprint density at radius 3 is 1.28 bits per heavy atom. The topological polar surface area (TPSA) is 25.8 Å². The molecule has 0 aliphatic heterocycles. The van der Waals surface area contributed by atoms with Crippen LogP contribution in [0.1, 0.15) is 33.6 Å². The first-order valence-corrected chi connectivity index (χ1v) is 10.7. The third kappa shape index (κ3) is 5.99. The van der Waals surface area contributed by atoms with E-state index in [1.807, 2.05) is 48.8 Å². The first-order chi connectivity index (χ1) is 15.7. The van der Waals surface area contributed by atoms with Crippen molar-refractivity contribution >= 4 is 35.1 Å². The van der Waals surface area contributed by atoms with Crippen molar-refractivity contribution in [3.8, 4) is 0 Å². The van der Waals surface area contributed by atoms with E-state index in [1.165, 1.54) is 22.3 Å². The Morgan fingerprint density at radius 1 is 0.500 bits per heavy atom. The highest BCUT2D eigenvalue weighted by Gasteiger charge is 1.98. The highest BCUT2D eigenvalue weighted by Crippen LogP contribution is 2.16. The maximum atomic E-state index is 4.56. The van der Waals surface area contributed by atoms with Crippen LogP contribution in [0.25, 0.3) is 35.1 Å². The van der Waals surface area contributed by atoms with Gasteiger partial charge in [0.2, 0.25) is 0 Å². The van der Waals surface area contributed by atoms with Gasteiger partial charge in [0.05, 0.1) is 11.4 Å². The van der Waals surface area contributed by atoms with Crippen LogP contribution in [0.2, 0.25) is 0 Å². The summed E-state index contributed by atoms with van der Waals surface area (Å²) in [6.45, 7) is 4.19. The third-order valence-corrected chi connectivity index (χ3v) is 5.13. The van der Waals surface area contributed by atoms with Crippen molar-refractivity contribution in [2.24, 2.45) is 0 Å². The Morgan fingerprint density at radius 2 is 0.875 bits per heavy atom. The largest absolute Gasteiger partial charge is 0.256 e. The number of aromatic nitrogens is 2. The van der Waals surface area contributed by atoms with Gasteiger partial charge in [-0.05, 0) is 49.3 Å². The Hall–Kier alpha value is -4.04. The van der Waals surface area contributed by atoms with Crippen LogP contribution in [0.3, 0.4) is 0 Å². The number of hydrogen-bond acceptors (Lipinski definition) is 2. The molecule has 0 fully saturated rings. The zero-order valence-electron chi connectivity index (χ0n) is 18.4. The second kappa shape index (κ2) is 10.3. The van der Waals surface area contributed by atoms with Gasteiger partial charge in [-0.2, -0.15) is 0 Å². The molecule has 0 unspecified atom stereocenters. The number of benzene rings is 2. The molecule has 156 valence electrons. The molecule has 2 nitrogen and oxygen atoms in total. The molecule has 0 aliphatic rings. The molecule has 0 saturated carbocycles. The van der Waals surface area contributed by atoms with Crippen LogP contribution < -0.4 is 0 Å². The van der Waals surface area contributed by atoms with E-state index in [0.29, 0.717) is 0 Å². The summed E-state index contributed by atoms with van der Waals surface area (Å²) in [5.41, 5.74) is 6.73. The highest BCUT2D eigenvalue weighted by molar-refractivity contribution is 5.84. The third-order valence-electron chi connectivity index (χ3n) is 5.13. The quantitative estimate of drug-likeness (QED) is 0.302. The fourth-order valence-corrected chi connectivity index (χ4v) is 3.25. The molecule has 4 rings (SSSR count). The molecule has 0 saturated heterocycles. The van der Waals surface area contributed by atoms with E-state index in [1.54, 1.807) is 0 Å². The first-order valence-electron chi connectivity index (χ1n) is 10.7. The zero-order valence-corrected chi connectivity index (χ0v) is 18.4. The molecule has 0 atom stereocenters. The standard InChI is InChI=1S/C30H26N2/c1-23-11-15-25(16-12-23)7-3-5-9-29-19-27-22-32-30(20-28(27)21-31-29)10-6-4-8-26-17-13-24(2)14-18-26/h3-22H,1-2H3/b7-3+,8-4+,9-5+,10-6+. The van der Waals surface area contributed by atoms with Crippen molar-refractivity contribution in [1.82, 2.24) is 9.97 Å². The van der Waals surface area contributed by atoms with Crippen molar-refractivity contribution < 1.29 is 0 Å². The molecular formula is C30H26N2. The maximum Gasteiger partial charge on any atom is 0.0636 e. The number of fused-ring (bicyclic) bond motifs is 1. The minimum atomic E-state index is 0.914. The van der Waals surface area contributed by atoms with E-state index in [0.717, 1.165) is 22.2 Å². The predicted molar refractivity (Wildman–Crippen MR) is 138 cm³/mol. The van der Waals surface area contributed by atoms with Crippen LogP contribution in [0.4, 0.5) is 0 Å². The fraction of sp³-hybridized carbons (Fsp3) is 0.0667. The van der Waals surface area contributed by atoms with E-state index in [2.05, 4.69) is 96.6 Å². The summed E-state index contributed by atoms with van der Waals surface area (Å²) in [4.78, 5) is 9.12. The summed E-state index contributed by atoms with van der Waals surface area (Å²) in [6.07, 6.45) is 20.1. The summed E-state index contributed by atoms with van der Waals surface area (Å²) < 4.78 is 0. The Bertz CT molecular complexity index is 1200. The van der Waals surface area contributed by atoms with Gasteiger partial charge in [-0.15, -0.1) is 0 Å². The number of nitrogens with zero attached hydrogens (tertiary/aromatic N) is 2. The van der Waals surface area contributed by atoms with Crippen LogP contribution in [0, 0.1) is 13.8 Å². The molecule has 32 heavy (non-hydrogen) atoms. The highest BCUT2D eigenvalue weighted by atomic mass is 14.7. The van der Waals surface area contributed by atoms with Gasteiger partial charge in [0.25, 0.3) is 0 Å². The molecule has 0 radical (unpaired) electrons. The number of aryl methyl sites for hydroxylation is 2. The molecule has 0 N–H and O–H groups in total. The van der Waals surface area contributed by atoms with Gasteiger partial charge < -0.3 is 0 Å².